The van der Waals surface area contributed by atoms with E-state index in [0.717, 1.165) is 6.07 Å². The third-order valence-corrected chi connectivity index (χ3v) is 1.97. The topological polar surface area (TPSA) is 21.6 Å². The molecule has 0 aliphatic rings. The van der Waals surface area contributed by atoms with Gasteiger partial charge in [0.15, 0.2) is 5.82 Å². The van der Waals surface area contributed by atoms with Crippen molar-refractivity contribution in [1.29, 1.82) is 0 Å². The maximum Gasteiger partial charge on any atom is 0.151 e. The third kappa shape index (κ3) is 3.56. The number of benzene rings is 1. The molecule has 0 saturated heterocycles. The number of thiocarbonyl (C=S) groups is 1. The zero-order chi connectivity index (χ0) is 12.3. The number of rotatable bonds is 2. The van der Waals surface area contributed by atoms with Gasteiger partial charge in [-0.3, -0.25) is 0 Å². The summed E-state index contributed by atoms with van der Waals surface area (Å²) in [6, 6.07) is 2.55. The van der Waals surface area contributed by atoms with Crippen molar-refractivity contribution in [3.8, 4) is 5.75 Å². The predicted molar refractivity (Wildman–Crippen MR) is 66.5 cm³/mol. The second-order valence-electron chi connectivity index (χ2n) is 4.15. The van der Waals surface area contributed by atoms with E-state index < -0.39 is 11.4 Å². The molecule has 1 aromatic carbocycles. The highest BCUT2D eigenvalue weighted by Gasteiger charge is 2.16. The minimum atomic E-state index is -0.552. The molecule has 0 spiro atoms. The van der Waals surface area contributed by atoms with Crippen molar-refractivity contribution in [3.05, 3.63) is 23.0 Å². The van der Waals surface area contributed by atoms with E-state index in [1.165, 1.54) is 6.07 Å². The average molecular weight is 260 g/mol. The molecule has 2 nitrogen and oxygen atoms in total. The van der Waals surface area contributed by atoms with Crippen LogP contribution in [0.5, 0.6) is 5.75 Å². The van der Waals surface area contributed by atoms with Gasteiger partial charge < -0.3 is 4.74 Å². The second kappa shape index (κ2) is 4.91. The summed E-state index contributed by atoms with van der Waals surface area (Å²) in [6.45, 7) is 5.61. The van der Waals surface area contributed by atoms with Gasteiger partial charge in [0.1, 0.15) is 17.0 Å². The first-order valence-corrected chi connectivity index (χ1v) is 5.38. The summed E-state index contributed by atoms with van der Waals surface area (Å²) in [5.41, 5.74) is -0.348. The van der Waals surface area contributed by atoms with E-state index >= 15 is 0 Å². The van der Waals surface area contributed by atoms with Gasteiger partial charge in [0.25, 0.3) is 0 Å². The van der Waals surface area contributed by atoms with Crippen LogP contribution in [0.25, 0.3) is 0 Å². The monoisotopic (exact) mass is 259 g/mol. The number of hydrogen-bond acceptors (Lipinski definition) is 3. The van der Waals surface area contributed by atoms with Crippen molar-refractivity contribution in [2.45, 2.75) is 26.4 Å². The van der Waals surface area contributed by atoms with Crippen LogP contribution in [0.2, 0.25) is 5.02 Å². The first-order valence-electron chi connectivity index (χ1n) is 4.59. The molecule has 0 bridgehead atoms. The van der Waals surface area contributed by atoms with Crippen LogP contribution in [0.3, 0.4) is 0 Å². The van der Waals surface area contributed by atoms with E-state index in [9.17, 15) is 4.39 Å². The van der Waals surface area contributed by atoms with Crippen molar-refractivity contribution in [3.63, 3.8) is 0 Å². The Bertz CT molecular complexity index is 450. The molecule has 0 aliphatic carbocycles. The maximum atomic E-state index is 13.3. The van der Waals surface area contributed by atoms with E-state index in [4.69, 9.17) is 16.3 Å². The fraction of sp³-hybridized carbons (Fsp3) is 0.364. The largest absolute Gasteiger partial charge is 0.487 e. The highest BCUT2D eigenvalue weighted by atomic mass is 35.5. The van der Waals surface area contributed by atoms with Crippen molar-refractivity contribution < 1.29 is 9.13 Å². The van der Waals surface area contributed by atoms with Crippen molar-refractivity contribution >= 4 is 34.7 Å². The summed E-state index contributed by atoms with van der Waals surface area (Å²) in [7, 11) is 0. The first-order chi connectivity index (χ1) is 7.33. The fourth-order valence-electron chi connectivity index (χ4n) is 1.06. The van der Waals surface area contributed by atoms with Crippen LogP contribution in [0.4, 0.5) is 10.1 Å². The molecule has 1 aromatic rings. The molecule has 1 rings (SSSR count). The van der Waals surface area contributed by atoms with Gasteiger partial charge in [-0.15, -0.1) is 0 Å². The van der Waals surface area contributed by atoms with E-state index in [2.05, 4.69) is 22.4 Å². The molecule has 5 heteroatoms. The molecule has 0 amide bonds. The molecule has 0 atom stereocenters. The first kappa shape index (κ1) is 13.1. The van der Waals surface area contributed by atoms with Crippen LogP contribution in [0.1, 0.15) is 20.8 Å². The van der Waals surface area contributed by atoms with Crippen molar-refractivity contribution in [1.82, 2.24) is 0 Å². The lowest BCUT2D eigenvalue weighted by molar-refractivity contribution is 0.131. The van der Waals surface area contributed by atoms with Gasteiger partial charge in [0.05, 0.1) is 10.2 Å². The highest BCUT2D eigenvalue weighted by molar-refractivity contribution is 7.78. The van der Waals surface area contributed by atoms with Crippen LogP contribution in [0, 0.1) is 5.82 Å². The zero-order valence-electron chi connectivity index (χ0n) is 9.17. The van der Waals surface area contributed by atoms with E-state index in [1.807, 2.05) is 20.8 Å². The molecule has 0 saturated carbocycles. The quantitative estimate of drug-likeness (QED) is 0.580. The molecular formula is C11H11ClFNOS. The van der Waals surface area contributed by atoms with E-state index in [-0.39, 0.29) is 10.7 Å². The highest BCUT2D eigenvalue weighted by Crippen LogP contribution is 2.33. The Morgan fingerprint density at radius 3 is 2.56 bits per heavy atom. The minimum Gasteiger partial charge on any atom is -0.487 e. The fourth-order valence-corrected chi connectivity index (χ4v) is 1.35. The van der Waals surface area contributed by atoms with Gasteiger partial charge >= 0.3 is 0 Å². The number of aliphatic imine (C=N–C) groups is 1. The standard InChI is InChI=1S/C11H11ClFNOS/c1-11(2,3)15-10-5-9(14-6-16)8(13)4-7(10)12/h4-5H,1-3H3. The van der Waals surface area contributed by atoms with Gasteiger partial charge in [0, 0.05) is 6.07 Å². The number of isothiocyanates is 1. The Labute approximate surface area is 104 Å². The lowest BCUT2D eigenvalue weighted by atomic mass is 10.2. The molecule has 0 N–H and O–H groups in total. The van der Waals surface area contributed by atoms with Gasteiger partial charge in [0.2, 0.25) is 0 Å². The summed E-state index contributed by atoms with van der Waals surface area (Å²) in [5, 5.41) is 2.31. The summed E-state index contributed by atoms with van der Waals surface area (Å²) < 4.78 is 18.9. The van der Waals surface area contributed by atoms with Crippen LogP contribution in [-0.2, 0) is 0 Å². The molecule has 86 valence electrons. The van der Waals surface area contributed by atoms with Crippen LogP contribution >= 0.6 is 23.8 Å². The number of hydrogen-bond donors (Lipinski definition) is 0. The van der Waals surface area contributed by atoms with Crippen molar-refractivity contribution in [2.24, 2.45) is 4.99 Å². The van der Waals surface area contributed by atoms with Gasteiger partial charge in [-0.25, -0.2) is 4.39 Å². The molecule has 16 heavy (non-hydrogen) atoms. The average Bonchev–Trinajstić information content (AvgIpc) is 2.11. The molecular weight excluding hydrogens is 249 g/mol. The summed E-state index contributed by atoms with van der Waals surface area (Å²) in [5.74, 6) is -0.178. The van der Waals surface area contributed by atoms with E-state index in [0.29, 0.717) is 5.75 Å². The number of ether oxygens (including phenoxy) is 1. The van der Waals surface area contributed by atoms with Crippen LogP contribution in [0.15, 0.2) is 17.1 Å². The summed E-state index contributed by atoms with van der Waals surface area (Å²) in [4.78, 5) is 3.59. The predicted octanol–water partition coefficient (Wildman–Crippen LogP) is 4.39. The summed E-state index contributed by atoms with van der Waals surface area (Å²) in [6.07, 6.45) is 0. The Hall–Kier alpha value is -0.960. The van der Waals surface area contributed by atoms with Gasteiger partial charge in [-0.1, -0.05) is 11.6 Å². The van der Waals surface area contributed by atoms with Crippen molar-refractivity contribution in [2.75, 3.05) is 0 Å². The lowest BCUT2D eigenvalue weighted by Crippen LogP contribution is -2.23. The van der Waals surface area contributed by atoms with Crippen LogP contribution < -0.4 is 4.74 Å². The molecule has 0 unspecified atom stereocenters. The van der Waals surface area contributed by atoms with Gasteiger partial charge in [-0.05, 0) is 39.1 Å². The Morgan fingerprint density at radius 1 is 1.44 bits per heavy atom. The number of halogens is 2. The Balaban J connectivity index is 3.19. The Kier molecular flexibility index (Phi) is 4.03. The molecule has 0 aromatic heterocycles. The lowest BCUT2D eigenvalue weighted by Gasteiger charge is -2.22. The SMILES string of the molecule is CC(C)(C)Oc1cc(N=C=S)c(F)cc1Cl. The summed E-state index contributed by atoms with van der Waals surface area (Å²) >= 11 is 10.3. The normalized spacial score (nSPS) is 10.8. The molecule has 0 aliphatic heterocycles. The number of nitrogens with zero attached hydrogens (tertiary/aromatic N) is 1. The Morgan fingerprint density at radius 2 is 2.06 bits per heavy atom. The maximum absolute atomic E-state index is 13.3. The smallest absolute Gasteiger partial charge is 0.151 e. The minimum absolute atomic E-state index is 0.0682. The van der Waals surface area contributed by atoms with Gasteiger partial charge in [-0.2, -0.15) is 4.99 Å². The zero-order valence-corrected chi connectivity index (χ0v) is 10.7. The second-order valence-corrected chi connectivity index (χ2v) is 4.74. The van der Waals surface area contributed by atoms with Crippen LogP contribution in [-0.4, -0.2) is 10.8 Å². The molecule has 0 fully saturated rings. The third-order valence-electron chi connectivity index (χ3n) is 1.58. The molecule has 0 heterocycles. The van der Waals surface area contributed by atoms with E-state index in [1.54, 1.807) is 0 Å². The molecule has 0 radical (unpaired) electrons.